The number of fused-ring (bicyclic) bond motifs is 3. The van der Waals surface area contributed by atoms with Crippen LogP contribution in [0, 0.1) is 0 Å². The lowest BCUT2D eigenvalue weighted by Gasteiger charge is -2.33. The van der Waals surface area contributed by atoms with Gasteiger partial charge in [0.15, 0.2) is 0 Å². The first-order chi connectivity index (χ1) is 16.1. The van der Waals surface area contributed by atoms with Crippen LogP contribution in [0.4, 0.5) is 5.69 Å². The highest BCUT2D eigenvalue weighted by molar-refractivity contribution is 7.99. The molecule has 8 heteroatoms. The van der Waals surface area contributed by atoms with E-state index < -0.39 is 12.0 Å². The molecule has 1 aliphatic heterocycles. The molecule has 2 aromatic carbocycles. The zero-order valence-electron chi connectivity index (χ0n) is 18.3. The highest BCUT2D eigenvalue weighted by atomic mass is 32.2. The predicted molar refractivity (Wildman–Crippen MR) is 126 cm³/mol. The third kappa shape index (κ3) is 4.34. The van der Waals surface area contributed by atoms with Crippen LogP contribution in [0.2, 0.25) is 0 Å². The first-order valence-corrected chi connectivity index (χ1v) is 11.6. The molecule has 0 spiro atoms. The fraction of sp³-hybridized carbons (Fsp3) is 0.200. The molecule has 0 saturated carbocycles. The minimum Gasteiger partial charge on any atom is -0.854 e. The van der Waals surface area contributed by atoms with E-state index in [0.29, 0.717) is 46.6 Å². The molecule has 3 aromatic rings. The molecule has 2 heterocycles. The van der Waals surface area contributed by atoms with E-state index in [0.717, 1.165) is 5.56 Å². The van der Waals surface area contributed by atoms with Crippen LogP contribution < -0.4 is 19.4 Å². The minimum atomic E-state index is -0.673. The molecule has 1 amide bonds. The van der Waals surface area contributed by atoms with Crippen molar-refractivity contribution in [3.8, 4) is 22.9 Å². The average Bonchev–Trinajstić information content (AvgIpc) is 2.84. The first kappa shape index (κ1) is 22.5. The average molecular weight is 461 g/mol. The lowest BCUT2D eigenvalue weighted by atomic mass is 10.0. The molecule has 0 N–H and O–H groups in total. The van der Waals surface area contributed by atoms with Crippen molar-refractivity contribution >= 4 is 23.4 Å². The molecule has 0 saturated heterocycles. The number of rotatable bonds is 8. The van der Waals surface area contributed by atoms with Crippen molar-refractivity contribution in [3.63, 3.8) is 0 Å². The molecule has 1 aromatic heterocycles. The summed E-state index contributed by atoms with van der Waals surface area (Å²) in [5.74, 6) is 0.712. The Morgan fingerprint density at radius 1 is 1.24 bits per heavy atom. The second-order valence-electron chi connectivity index (χ2n) is 7.27. The summed E-state index contributed by atoms with van der Waals surface area (Å²) in [5, 5.41) is 18.2. The van der Waals surface area contributed by atoms with Gasteiger partial charge in [-0.1, -0.05) is 60.3 Å². The standard InChI is InChI=1S/C25H24N4O3S/c1-4-14-32-18-11-9-10-17(16-18)24-28(21(30)6-3)20-13-8-7-12-19(20)22-23(31)26-25(27-29(22)24)33-15-5-2/h4-5,7-13,16,24H,1-2,6,14-15H2,3H3. The highest BCUT2D eigenvalue weighted by Gasteiger charge is 2.44. The maximum Gasteiger partial charge on any atom is 0.293 e. The number of carbonyl (C=O) groups excluding carboxylic acids is 1. The molecule has 33 heavy (non-hydrogen) atoms. The second kappa shape index (κ2) is 9.87. The van der Waals surface area contributed by atoms with E-state index in [9.17, 15) is 9.90 Å². The van der Waals surface area contributed by atoms with E-state index in [1.165, 1.54) is 11.8 Å². The summed E-state index contributed by atoms with van der Waals surface area (Å²) in [6, 6.07) is 14.8. The summed E-state index contributed by atoms with van der Waals surface area (Å²) in [5.41, 5.74) is 2.38. The van der Waals surface area contributed by atoms with Crippen LogP contribution in [-0.2, 0) is 4.79 Å². The number of aromatic nitrogens is 3. The van der Waals surface area contributed by atoms with Gasteiger partial charge in [-0.3, -0.25) is 4.79 Å². The van der Waals surface area contributed by atoms with Crippen LogP contribution in [-0.4, -0.2) is 28.3 Å². The third-order valence-corrected chi connectivity index (χ3v) is 5.98. The first-order valence-electron chi connectivity index (χ1n) is 10.6. The summed E-state index contributed by atoms with van der Waals surface area (Å²) in [7, 11) is 0. The molecule has 0 bridgehead atoms. The van der Waals surface area contributed by atoms with Gasteiger partial charge in [0.05, 0.1) is 17.1 Å². The summed E-state index contributed by atoms with van der Waals surface area (Å²) >= 11 is 1.32. The zero-order valence-corrected chi connectivity index (χ0v) is 19.1. The molecule has 0 radical (unpaired) electrons. The topological polar surface area (TPSA) is 82.3 Å². The number of para-hydroxylation sites is 1. The van der Waals surface area contributed by atoms with Crippen molar-refractivity contribution < 1.29 is 19.3 Å². The minimum absolute atomic E-state index is 0.0885. The van der Waals surface area contributed by atoms with Gasteiger partial charge in [-0.15, -0.1) is 6.58 Å². The van der Waals surface area contributed by atoms with Crippen molar-refractivity contribution in [1.82, 2.24) is 10.1 Å². The lowest BCUT2D eigenvalue weighted by molar-refractivity contribution is -0.764. The van der Waals surface area contributed by atoms with Gasteiger partial charge in [0.2, 0.25) is 5.91 Å². The van der Waals surface area contributed by atoms with Crippen molar-refractivity contribution in [3.05, 3.63) is 79.4 Å². The molecule has 0 fully saturated rings. The normalized spacial score (nSPS) is 14.2. The Hall–Kier alpha value is -3.65. The van der Waals surface area contributed by atoms with Gasteiger partial charge in [-0.05, 0) is 30.3 Å². The SMILES string of the molecule is C=CCOc1cccc(C2N(C(=O)CC)c3ccccc3-c3c([O-])nc(SCC=C)n[n+]32)c1. The largest absolute Gasteiger partial charge is 0.854 e. The second-order valence-corrected chi connectivity index (χ2v) is 8.26. The number of thioether (sulfide) groups is 1. The number of hydrogen-bond donors (Lipinski definition) is 0. The third-order valence-electron chi connectivity index (χ3n) is 5.14. The number of benzene rings is 2. The van der Waals surface area contributed by atoms with Gasteiger partial charge in [-0.25, -0.2) is 9.88 Å². The molecule has 0 aliphatic carbocycles. The summed E-state index contributed by atoms with van der Waals surface area (Å²) in [6.07, 6.45) is 3.01. The Bertz CT molecular complexity index is 1210. The number of hydrogen-bond acceptors (Lipinski definition) is 6. The molecule has 1 aliphatic rings. The molecule has 4 rings (SSSR count). The Labute approximate surface area is 197 Å². The van der Waals surface area contributed by atoms with Gasteiger partial charge in [0, 0.05) is 22.8 Å². The lowest BCUT2D eigenvalue weighted by Crippen LogP contribution is -2.59. The summed E-state index contributed by atoms with van der Waals surface area (Å²) < 4.78 is 7.34. The van der Waals surface area contributed by atoms with Crippen molar-refractivity contribution in [1.29, 1.82) is 0 Å². The van der Waals surface area contributed by atoms with Gasteiger partial charge >= 0.3 is 0 Å². The monoisotopic (exact) mass is 460 g/mol. The zero-order chi connectivity index (χ0) is 23.4. The van der Waals surface area contributed by atoms with Crippen molar-refractivity contribution in [2.75, 3.05) is 17.3 Å². The molecule has 168 valence electrons. The molecular weight excluding hydrogens is 436 g/mol. The van der Waals surface area contributed by atoms with Crippen LogP contribution in [0.5, 0.6) is 11.6 Å². The Kier molecular flexibility index (Phi) is 6.74. The van der Waals surface area contributed by atoms with Crippen LogP contribution in [0.25, 0.3) is 11.3 Å². The van der Waals surface area contributed by atoms with E-state index in [2.05, 4.69) is 18.1 Å². The quantitative estimate of drug-likeness (QED) is 0.290. The molecule has 7 nitrogen and oxygen atoms in total. The van der Waals surface area contributed by atoms with Crippen LogP contribution in [0.3, 0.4) is 0 Å². The number of ether oxygens (including phenoxy) is 1. The van der Waals surface area contributed by atoms with Gasteiger partial charge in [0.25, 0.3) is 17.0 Å². The number of nitrogens with zero attached hydrogens (tertiary/aromatic N) is 4. The number of carbonyl (C=O) groups is 1. The highest BCUT2D eigenvalue weighted by Crippen LogP contribution is 2.41. The van der Waals surface area contributed by atoms with E-state index in [1.807, 2.05) is 55.5 Å². The maximum absolute atomic E-state index is 13.3. The van der Waals surface area contributed by atoms with Gasteiger partial charge in [-0.2, -0.15) is 0 Å². The molecule has 1 atom stereocenters. The van der Waals surface area contributed by atoms with Crippen molar-refractivity contribution in [2.45, 2.75) is 24.7 Å². The van der Waals surface area contributed by atoms with Crippen LogP contribution >= 0.6 is 11.8 Å². The predicted octanol–water partition coefficient (Wildman–Crippen LogP) is 3.65. The van der Waals surface area contributed by atoms with Crippen LogP contribution in [0.15, 0.2) is 79.0 Å². The van der Waals surface area contributed by atoms with Gasteiger partial charge < -0.3 is 9.84 Å². The maximum atomic E-state index is 13.3. The van der Waals surface area contributed by atoms with Crippen LogP contribution in [0.1, 0.15) is 25.1 Å². The van der Waals surface area contributed by atoms with E-state index in [4.69, 9.17) is 9.84 Å². The molecular formula is C25H24N4O3S. The number of anilines is 1. The Balaban J connectivity index is 1.97. The summed E-state index contributed by atoms with van der Waals surface area (Å²) in [4.78, 5) is 19.1. The fourth-order valence-corrected chi connectivity index (χ4v) is 4.35. The smallest absolute Gasteiger partial charge is 0.293 e. The van der Waals surface area contributed by atoms with E-state index >= 15 is 0 Å². The van der Waals surface area contributed by atoms with E-state index in [1.54, 1.807) is 21.7 Å². The van der Waals surface area contributed by atoms with Gasteiger partial charge in [0.1, 0.15) is 12.4 Å². The number of amides is 1. The Morgan fingerprint density at radius 3 is 2.82 bits per heavy atom. The summed E-state index contributed by atoms with van der Waals surface area (Å²) in [6.45, 7) is 9.58. The van der Waals surface area contributed by atoms with Crippen molar-refractivity contribution in [2.24, 2.45) is 0 Å². The van der Waals surface area contributed by atoms with E-state index in [-0.39, 0.29) is 5.91 Å². The Morgan fingerprint density at radius 2 is 2.06 bits per heavy atom. The molecule has 1 unspecified atom stereocenters. The fourth-order valence-electron chi connectivity index (χ4n) is 3.79.